The molecule has 0 heterocycles. The van der Waals surface area contributed by atoms with Gasteiger partial charge in [0.2, 0.25) is 0 Å². The third-order valence-electron chi connectivity index (χ3n) is 6.83. The Kier molecular flexibility index (Phi) is 13.1. The summed E-state index contributed by atoms with van der Waals surface area (Å²) >= 11 is 0. The molecule has 0 unspecified atom stereocenters. The monoisotopic (exact) mass is 701 g/mol. The van der Waals surface area contributed by atoms with E-state index < -0.39 is 30.0 Å². The normalized spacial score (nSPS) is 12.1. The van der Waals surface area contributed by atoms with Crippen LogP contribution in [0.2, 0.25) is 0 Å². The van der Waals surface area contributed by atoms with E-state index in [1.807, 2.05) is 32.0 Å². The van der Waals surface area contributed by atoms with Crippen molar-refractivity contribution in [2.45, 2.75) is 30.6 Å². The van der Waals surface area contributed by atoms with E-state index in [1.54, 1.807) is 43.3 Å². The van der Waals surface area contributed by atoms with Gasteiger partial charge in [-0.3, -0.25) is 0 Å². The molecule has 0 aliphatic carbocycles. The van der Waals surface area contributed by atoms with Crippen molar-refractivity contribution in [3.63, 3.8) is 0 Å². The van der Waals surface area contributed by atoms with Gasteiger partial charge in [-0.05, 0) is 122 Å². The van der Waals surface area contributed by atoms with Crippen LogP contribution in [0.3, 0.4) is 0 Å². The van der Waals surface area contributed by atoms with Crippen molar-refractivity contribution < 1.29 is 85.1 Å². The number of fused-ring (bicyclic) bond motifs is 1. The molecular weight excluding hydrogens is 676 g/mol. The molecule has 0 bridgehead atoms. The molecule has 5 aromatic carbocycles. The van der Waals surface area contributed by atoms with Crippen LogP contribution in [-0.4, -0.2) is 25.9 Å². The summed E-state index contributed by atoms with van der Waals surface area (Å²) < 4.78 is 69.8. The first-order chi connectivity index (χ1) is 21.7. The zero-order valence-electron chi connectivity index (χ0n) is 26.6. The van der Waals surface area contributed by atoms with Crippen molar-refractivity contribution in [1.29, 1.82) is 0 Å². The summed E-state index contributed by atoms with van der Waals surface area (Å²) in [6.07, 6.45) is 0. The molecule has 0 atom stereocenters. The second-order valence-corrected chi connectivity index (χ2v) is 13.1. The van der Waals surface area contributed by atoms with Gasteiger partial charge in [-0.15, -0.1) is 0 Å². The van der Waals surface area contributed by atoms with Gasteiger partial charge in [-0.1, -0.05) is 6.07 Å². The van der Waals surface area contributed by atoms with Crippen molar-refractivity contribution in [2.24, 2.45) is 30.7 Å². The minimum absolute atomic E-state index is 0. The number of benzene rings is 5. The number of aryl methyl sites for hydroxylation is 3. The molecule has 17 heteroatoms. The molecule has 0 aliphatic heterocycles. The summed E-state index contributed by atoms with van der Waals surface area (Å²) in [5.41, 5.74) is 12.2. The number of nitrogens with two attached hydrogens (primary N) is 1. The van der Waals surface area contributed by atoms with Gasteiger partial charge in [0.25, 0.3) is 0 Å². The maximum Gasteiger partial charge on any atom is 1.00 e. The zero-order valence-corrected chi connectivity index (χ0v) is 32.2. The van der Waals surface area contributed by atoms with E-state index in [0.717, 1.165) is 28.4 Å². The average molecular weight is 702 g/mol. The first kappa shape index (κ1) is 39.2. The summed E-state index contributed by atoms with van der Waals surface area (Å²) in [4.78, 5) is -1.67. The first-order valence-corrected chi connectivity index (χ1v) is 16.3. The predicted molar refractivity (Wildman–Crippen MR) is 170 cm³/mol. The van der Waals surface area contributed by atoms with Crippen LogP contribution in [0.25, 0.3) is 10.8 Å². The summed E-state index contributed by atoms with van der Waals surface area (Å²) in [7, 11) is -10.1. The molecule has 2 N–H and O–H groups in total. The van der Waals surface area contributed by atoms with Gasteiger partial charge in [0.05, 0.1) is 43.9 Å². The van der Waals surface area contributed by atoms with Crippen LogP contribution in [0.4, 0.5) is 39.8 Å². The number of hydrogen-bond donors (Lipinski definition) is 1. The SMILES string of the molecule is Cc1cc(N)ccc1N=Nc1ccc(N=Nc2ccc(N=Nc3ccc4cc(S(=O)(=O)[O-])cc(S(=O)(=O)[O-])c4c3)c(C)c2)c(C)c1.[Na+].[Na+]. The minimum Gasteiger partial charge on any atom is -0.744 e. The topological polar surface area (TPSA) is 215 Å². The Hall–Kier alpha value is -3.22. The fraction of sp³-hybridized carbons (Fsp3) is 0.0968. The molecule has 0 saturated heterocycles. The minimum atomic E-state index is -5.11. The second kappa shape index (κ2) is 16.0. The maximum atomic E-state index is 11.8. The Bertz CT molecular complexity index is 2330. The van der Waals surface area contributed by atoms with Crippen molar-refractivity contribution in [3.8, 4) is 0 Å². The Morgan fingerprint density at radius 3 is 1.40 bits per heavy atom. The molecule has 0 saturated carbocycles. The van der Waals surface area contributed by atoms with Crippen LogP contribution in [0.5, 0.6) is 0 Å². The van der Waals surface area contributed by atoms with E-state index in [1.165, 1.54) is 18.2 Å². The van der Waals surface area contributed by atoms with Gasteiger partial charge in [0.15, 0.2) is 0 Å². The van der Waals surface area contributed by atoms with E-state index in [0.29, 0.717) is 34.5 Å². The molecule has 0 amide bonds. The molecule has 0 aromatic heterocycles. The summed E-state index contributed by atoms with van der Waals surface area (Å²) in [5, 5.41) is 25.6. The van der Waals surface area contributed by atoms with Crippen molar-refractivity contribution in [3.05, 3.63) is 102 Å². The number of nitrogen functional groups attached to an aromatic ring is 1. The predicted octanol–water partition coefficient (Wildman–Crippen LogP) is 2.41. The van der Waals surface area contributed by atoms with Crippen molar-refractivity contribution in [2.75, 3.05) is 5.73 Å². The molecule has 234 valence electrons. The largest absolute Gasteiger partial charge is 1.00 e. The summed E-state index contributed by atoms with van der Waals surface area (Å²) in [5.74, 6) is 0. The van der Waals surface area contributed by atoms with Gasteiger partial charge in [-0.2, -0.15) is 30.7 Å². The number of anilines is 1. The number of hydrogen-bond acceptors (Lipinski definition) is 13. The Morgan fingerprint density at radius 2 is 0.958 bits per heavy atom. The standard InChI is InChI=1S/C31H27N7O6S2.2Na/c1-18-12-22(32)5-9-28(18)36-33-23-7-10-29(19(2)13-23)37-34-24-8-11-30(20(3)14-24)38-35-25-6-4-21-15-26(45(39,40)41)17-31(27(21)16-25)46(42,43)44;;/h4-17H,32H2,1-3H3,(H,39,40,41)(H,42,43,44);;/q;2*+1/p-2. The van der Waals surface area contributed by atoms with E-state index >= 15 is 0 Å². The molecule has 5 rings (SSSR count). The molecule has 13 nitrogen and oxygen atoms in total. The first-order valence-electron chi connectivity index (χ1n) is 13.5. The average Bonchev–Trinajstić information content (AvgIpc) is 2.98. The van der Waals surface area contributed by atoms with E-state index in [2.05, 4.69) is 30.7 Å². The smallest absolute Gasteiger partial charge is 0.744 e. The Balaban J connectivity index is 0.00000312. The van der Waals surface area contributed by atoms with Crippen LogP contribution in [0, 0.1) is 20.8 Å². The van der Waals surface area contributed by atoms with E-state index in [4.69, 9.17) is 5.73 Å². The van der Waals surface area contributed by atoms with Crippen LogP contribution >= 0.6 is 0 Å². The van der Waals surface area contributed by atoms with Gasteiger partial charge in [0, 0.05) is 11.1 Å². The summed E-state index contributed by atoms with van der Waals surface area (Å²) in [6.45, 7) is 5.61. The summed E-state index contributed by atoms with van der Waals surface area (Å²) in [6, 6.07) is 21.6. The Labute approximate surface area is 321 Å². The van der Waals surface area contributed by atoms with Crippen LogP contribution < -0.4 is 64.8 Å². The van der Waals surface area contributed by atoms with E-state index in [9.17, 15) is 25.9 Å². The maximum absolute atomic E-state index is 11.8. The quantitative estimate of drug-likeness (QED) is 0.110. The molecule has 5 aromatic rings. The molecule has 0 spiro atoms. The second-order valence-electron chi connectivity index (χ2n) is 10.3. The van der Waals surface area contributed by atoms with Gasteiger partial charge < -0.3 is 14.8 Å². The van der Waals surface area contributed by atoms with Crippen molar-refractivity contribution in [1.82, 2.24) is 0 Å². The fourth-order valence-corrected chi connectivity index (χ4v) is 5.78. The molecule has 0 aliphatic rings. The molecular formula is C31H25N7Na2O6S2. The van der Waals surface area contributed by atoms with Crippen LogP contribution in [0.1, 0.15) is 16.7 Å². The Morgan fingerprint density at radius 1 is 0.521 bits per heavy atom. The molecule has 0 fully saturated rings. The third kappa shape index (κ3) is 9.69. The molecule has 0 radical (unpaired) electrons. The van der Waals surface area contributed by atoms with Gasteiger partial charge >= 0.3 is 59.1 Å². The molecule has 48 heavy (non-hydrogen) atoms. The fourth-order valence-electron chi connectivity index (χ4n) is 4.45. The van der Waals surface area contributed by atoms with Crippen molar-refractivity contribution >= 4 is 70.8 Å². The zero-order chi connectivity index (χ0) is 33.2. The number of rotatable bonds is 8. The third-order valence-corrected chi connectivity index (χ3v) is 8.52. The van der Waals surface area contributed by atoms with Crippen LogP contribution in [-0.2, 0) is 20.2 Å². The number of nitrogens with zero attached hydrogens (tertiary/aromatic N) is 6. The van der Waals surface area contributed by atoms with Gasteiger partial charge in [0.1, 0.15) is 20.2 Å². The number of azo groups is 3. The van der Waals surface area contributed by atoms with Crippen LogP contribution in [0.15, 0.2) is 125 Å². The van der Waals surface area contributed by atoms with Gasteiger partial charge in [-0.25, -0.2) is 16.8 Å². The van der Waals surface area contributed by atoms with E-state index in [-0.39, 0.29) is 75.6 Å².